The topological polar surface area (TPSA) is 93.5 Å². The first-order chi connectivity index (χ1) is 10.8. The van der Waals surface area contributed by atoms with Crippen LogP contribution in [-0.2, 0) is 14.6 Å². The van der Waals surface area contributed by atoms with Crippen molar-refractivity contribution in [2.45, 2.75) is 25.8 Å². The largest absolute Gasteiger partial charge is 0.371 e. The fourth-order valence-electron chi connectivity index (χ4n) is 2.34. The Morgan fingerprint density at radius 3 is 2.57 bits per heavy atom. The van der Waals surface area contributed by atoms with Crippen molar-refractivity contribution in [2.24, 2.45) is 0 Å². The highest BCUT2D eigenvalue weighted by Crippen LogP contribution is 2.19. The number of carbonyl (C=O) groups is 1. The van der Waals surface area contributed by atoms with E-state index >= 15 is 0 Å². The van der Waals surface area contributed by atoms with Crippen LogP contribution in [0, 0.1) is 11.3 Å². The average molecular weight is 342 g/mol. The number of hydrogen-bond acceptors (Lipinski definition) is 6. The van der Waals surface area contributed by atoms with Crippen molar-refractivity contribution >= 4 is 15.7 Å². The Balaban J connectivity index is 2.91. The third kappa shape index (κ3) is 6.59. The molecule has 1 heterocycles. The minimum absolute atomic E-state index is 0.0153. The van der Waals surface area contributed by atoms with Gasteiger partial charge < -0.3 is 15.1 Å². The molecule has 8 heteroatoms. The molecule has 0 aromatic heterocycles. The van der Waals surface area contributed by atoms with Crippen molar-refractivity contribution in [1.29, 1.82) is 5.26 Å². The lowest BCUT2D eigenvalue weighted by molar-refractivity contribution is -0.117. The van der Waals surface area contributed by atoms with E-state index in [1.165, 1.54) is 6.20 Å². The van der Waals surface area contributed by atoms with Crippen molar-refractivity contribution in [3.8, 4) is 6.07 Å². The van der Waals surface area contributed by atoms with Crippen LogP contribution in [0.1, 0.15) is 19.8 Å². The van der Waals surface area contributed by atoms with Gasteiger partial charge in [0, 0.05) is 31.9 Å². The number of nitriles is 1. The molecule has 0 spiro atoms. The summed E-state index contributed by atoms with van der Waals surface area (Å²) in [5.41, 5.74) is 0.0153. The number of nitrogens with zero attached hydrogens (tertiary/aromatic N) is 3. The zero-order chi connectivity index (χ0) is 17.5. The first-order valence-electron chi connectivity index (χ1n) is 7.80. The molecule has 0 aromatic rings. The molecule has 1 rings (SSSR count). The molecule has 130 valence electrons. The van der Waals surface area contributed by atoms with Gasteiger partial charge in [-0.25, -0.2) is 8.42 Å². The molecule has 23 heavy (non-hydrogen) atoms. The summed E-state index contributed by atoms with van der Waals surface area (Å²) in [6, 6.07) is 1.74. The van der Waals surface area contributed by atoms with Gasteiger partial charge in [0.25, 0.3) is 5.91 Å². The Hall–Kier alpha value is -1.59. The molecule has 0 saturated carbocycles. The van der Waals surface area contributed by atoms with Crippen LogP contribution in [-0.4, -0.2) is 75.4 Å². The molecule has 1 aliphatic rings. The second-order valence-electron chi connectivity index (χ2n) is 6.01. The van der Waals surface area contributed by atoms with Crippen LogP contribution in [0.15, 0.2) is 11.8 Å². The maximum atomic E-state index is 12.0. The van der Waals surface area contributed by atoms with Crippen molar-refractivity contribution < 1.29 is 13.2 Å². The maximum absolute atomic E-state index is 12.0. The molecular formula is C15H26N4O3S. The van der Waals surface area contributed by atoms with Crippen LogP contribution in [0.4, 0.5) is 0 Å². The predicted octanol–water partition coefficient (Wildman–Crippen LogP) is -0.0292. The minimum Gasteiger partial charge on any atom is -0.371 e. The van der Waals surface area contributed by atoms with E-state index in [1.54, 1.807) is 0 Å². The van der Waals surface area contributed by atoms with E-state index in [4.69, 9.17) is 0 Å². The van der Waals surface area contributed by atoms with E-state index in [1.807, 2.05) is 36.9 Å². The second-order valence-corrected chi connectivity index (χ2v) is 8.24. The molecule has 1 amide bonds. The number of sulfone groups is 1. The first-order valence-corrected chi connectivity index (χ1v) is 9.62. The highest BCUT2D eigenvalue weighted by atomic mass is 32.2. The Kier molecular flexibility index (Phi) is 7.52. The van der Waals surface area contributed by atoms with Crippen molar-refractivity contribution in [2.75, 3.05) is 45.2 Å². The van der Waals surface area contributed by atoms with E-state index in [9.17, 15) is 18.5 Å². The van der Waals surface area contributed by atoms with Gasteiger partial charge in [0.15, 0.2) is 9.84 Å². The Labute approximate surface area is 138 Å². The van der Waals surface area contributed by atoms with Gasteiger partial charge in [-0.1, -0.05) is 6.92 Å². The van der Waals surface area contributed by atoms with E-state index in [0.717, 1.165) is 6.42 Å². The summed E-state index contributed by atoms with van der Waals surface area (Å²) in [4.78, 5) is 15.8. The number of amides is 1. The molecule has 0 radical (unpaired) electrons. The Bertz CT molecular complexity index is 578. The summed E-state index contributed by atoms with van der Waals surface area (Å²) in [7, 11) is 0.822. The second kappa shape index (κ2) is 8.89. The van der Waals surface area contributed by atoms with Crippen LogP contribution in [0.2, 0.25) is 0 Å². The Morgan fingerprint density at radius 2 is 2.09 bits per heavy atom. The van der Waals surface area contributed by atoms with Gasteiger partial charge in [-0.2, -0.15) is 5.26 Å². The maximum Gasteiger partial charge on any atom is 0.263 e. The zero-order valence-corrected chi connectivity index (χ0v) is 14.9. The van der Waals surface area contributed by atoms with Gasteiger partial charge >= 0.3 is 0 Å². The van der Waals surface area contributed by atoms with Gasteiger partial charge in [0.2, 0.25) is 0 Å². The molecule has 1 N–H and O–H groups in total. The lowest BCUT2D eigenvalue weighted by Crippen LogP contribution is -2.38. The van der Waals surface area contributed by atoms with Crippen LogP contribution >= 0.6 is 0 Å². The van der Waals surface area contributed by atoms with E-state index in [-0.39, 0.29) is 23.1 Å². The smallest absolute Gasteiger partial charge is 0.263 e. The highest BCUT2D eigenvalue weighted by Gasteiger charge is 2.31. The minimum atomic E-state index is -3.02. The van der Waals surface area contributed by atoms with Gasteiger partial charge in [0.05, 0.1) is 11.5 Å². The molecule has 1 fully saturated rings. The monoisotopic (exact) mass is 342 g/mol. The third-order valence-electron chi connectivity index (χ3n) is 3.68. The summed E-state index contributed by atoms with van der Waals surface area (Å²) < 4.78 is 23.4. The molecule has 0 aliphatic carbocycles. The molecule has 1 aliphatic heterocycles. The number of likely N-dealkylation sites (N-methyl/N-ethyl adjacent to an activating group) is 1. The van der Waals surface area contributed by atoms with E-state index in [0.29, 0.717) is 26.1 Å². The molecule has 1 unspecified atom stereocenters. The number of hydrogen-bond donors (Lipinski definition) is 1. The third-order valence-corrected chi connectivity index (χ3v) is 5.43. The van der Waals surface area contributed by atoms with Gasteiger partial charge in [0.1, 0.15) is 11.6 Å². The molecule has 0 aromatic carbocycles. The SMILES string of the molecule is CCCNC(=O)/C(C#N)=C\N(CCN(C)C)C1CCS(=O)(=O)C1. The zero-order valence-electron chi connectivity index (χ0n) is 14.1. The summed E-state index contributed by atoms with van der Waals surface area (Å²) >= 11 is 0. The summed E-state index contributed by atoms with van der Waals surface area (Å²) in [6.45, 7) is 3.72. The lowest BCUT2D eigenvalue weighted by atomic mass is 10.2. The number of rotatable bonds is 8. The van der Waals surface area contributed by atoms with E-state index < -0.39 is 15.7 Å². The molecule has 7 nitrogen and oxygen atoms in total. The molecule has 1 saturated heterocycles. The normalized spacial score (nSPS) is 20.3. The van der Waals surface area contributed by atoms with E-state index in [2.05, 4.69) is 5.32 Å². The van der Waals surface area contributed by atoms with Crippen LogP contribution < -0.4 is 5.32 Å². The lowest BCUT2D eigenvalue weighted by Gasteiger charge is -2.28. The van der Waals surface area contributed by atoms with Crippen LogP contribution in [0.3, 0.4) is 0 Å². The summed E-state index contributed by atoms with van der Waals surface area (Å²) in [5, 5.41) is 11.9. The first kappa shape index (κ1) is 19.5. The highest BCUT2D eigenvalue weighted by molar-refractivity contribution is 7.91. The van der Waals surface area contributed by atoms with Crippen molar-refractivity contribution in [1.82, 2.24) is 15.1 Å². The van der Waals surface area contributed by atoms with Gasteiger partial charge in [-0.15, -0.1) is 0 Å². The predicted molar refractivity (Wildman–Crippen MR) is 89.3 cm³/mol. The fraction of sp³-hybridized carbons (Fsp3) is 0.733. The number of nitrogens with one attached hydrogen (secondary N) is 1. The van der Waals surface area contributed by atoms with Gasteiger partial charge in [-0.05, 0) is 26.9 Å². The Morgan fingerprint density at radius 1 is 1.39 bits per heavy atom. The van der Waals surface area contributed by atoms with Crippen molar-refractivity contribution in [3.63, 3.8) is 0 Å². The molecular weight excluding hydrogens is 316 g/mol. The standard InChI is InChI=1S/C15H26N4O3S/c1-4-6-17-15(20)13(10-16)11-19(8-7-18(2)3)14-5-9-23(21,22)12-14/h11,14H,4-9,12H2,1-3H3,(H,17,20)/b13-11-. The average Bonchev–Trinajstić information content (AvgIpc) is 2.84. The van der Waals surface area contributed by atoms with Crippen LogP contribution in [0.25, 0.3) is 0 Å². The molecule has 1 atom stereocenters. The summed E-state index contributed by atoms with van der Waals surface area (Å²) in [5.74, 6) is -0.176. The van der Waals surface area contributed by atoms with Crippen molar-refractivity contribution in [3.05, 3.63) is 11.8 Å². The summed E-state index contributed by atoms with van der Waals surface area (Å²) in [6.07, 6.45) is 2.83. The van der Waals surface area contributed by atoms with Gasteiger partial charge in [-0.3, -0.25) is 4.79 Å². The van der Waals surface area contributed by atoms with Crippen LogP contribution in [0.5, 0.6) is 0 Å². The fourth-order valence-corrected chi connectivity index (χ4v) is 4.09. The molecule has 0 bridgehead atoms. The quantitative estimate of drug-likeness (QED) is 0.492. The number of carbonyl (C=O) groups excluding carboxylic acids is 1.